The van der Waals surface area contributed by atoms with Crippen molar-refractivity contribution < 1.29 is 4.57 Å². The summed E-state index contributed by atoms with van der Waals surface area (Å²) in [4.78, 5) is 0. The molecule has 0 aliphatic carbocycles. The average molecular weight is 510 g/mol. The van der Waals surface area contributed by atoms with Gasteiger partial charge in [-0.2, -0.15) is 0 Å². The van der Waals surface area contributed by atoms with E-state index >= 15 is 0 Å². The van der Waals surface area contributed by atoms with E-state index in [4.69, 9.17) is 0 Å². The third-order valence-corrected chi connectivity index (χ3v) is 8.04. The number of aromatic nitrogens is 2. The van der Waals surface area contributed by atoms with E-state index in [1.165, 1.54) is 159 Å². The molecule has 0 amide bonds. The molecule has 0 aliphatic heterocycles. The summed E-state index contributed by atoms with van der Waals surface area (Å²) in [5.74, 6) is 1.53. The lowest BCUT2D eigenvalue weighted by atomic mass is 10.0. The van der Waals surface area contributed by atoms with E-state index in [1.54, 1.807) is 0 Å². The molecule has 1 heterocycles. The summed E-state index contributed by atoms with van der Waals surface area (Å²) in [5.41, 5.74) is 1.40. The first kappa shape index (κ1) is 31.6. The van der Waals surface area contributed by atoms with E-state index < -0.39 is 0 Å². The molecule has 2 rings (SSSR count). The van der Waals surface area contributed by atoms with Crippen LogP contribution in [-0.2, 0) is 19.5 Å². The van der Waals surface area contributed by atoms with Crippen molar-refractivity contribution in [3.8, 4) is 0 Å². The zero-order valence-corrected chi connectivity index (χ0v) is 24.9. The fourth-order valence-electron chi connectivity index (χ4n) is 5.63. The highest BCUT2D eigenvalue weighted by Crippen LogP contribution is 2.15. The molecule has 210 valence electrons. The van der Waals surface area contributed by atoms with Gasteiger partial charge >= 0.3 is 0 Å². The molecule has 1 aromatic heterocycles. The maximum absolute atomic E-state index is 2.57. The largest absolute Gasteiger partial charge is 0.256 e. The number of hydrogen-bond donors (Lipinski definition) is 0. The molecule has 2 nitrogen and oxygen atoms in total. The summed E-state index contributed by atoms with van der Waals surface area (Å²) in [7, 11) is 0. The maximum Gasteiger partial charge on any atom is 0.256 e. The number of nitrogens with zero attached hydrogens (tertiary/aromatic N) is 2. The van der Waals surface area contributed by atoms with Crippen LogP contribution in [0.3, 0.4) is 0 Å². The molecule has 0 saturated carbocycles. The van der Waals surface area contributed by atoms with Crippen molar-refractivity contribution >= 4 is 0 Å². The molecular formula is C35H61N2+. The molecule has 0 bridgehead atoms. The Morgan fingerprint density at radius 1 is 0.541 bits per heavy atom. The second kappa shape index (κ2) is 22.4. The monoisotopic (exact) mass is 509 g/mol. The lowest BCUT2D eigenvalue weighted by Gasteiger charge is -2.07. The van der Waals surface area contributed by atoms with Crippen molar-refractivity contribution in [2.75, 3.05) is 0 Å². The number of benzene rings is 1. The molecule has 0 aliphatic rings. The Morgan fingerprint density at radius 2 is 1.00 bits per heavy atom. The van der Waals surface area contributed by atoms with Crippen molar-refractivity contribution in [1.82, 2.24) is 4.57 Å². The van der Waals surface area contributed by atoms with Gasteiger partial charge in [-0.05, 0) is 24.8 Å². The van der Waals surface area contributed by atoms with Gasteiger partial charge in [-0.15, -0.1) is 0 Å². The molecule has 2 heteroatoms. The van der Waals surface area contributed by atoms with E-state index in [2.05, 4.69) is 65.7 Å². The predicted octanol–water partition coefficient (Wildman–Crippen LogP) is 10.6. The summed E-state index contributed by atoms with van der Waals surface area (Å²) in [6.45, 7) is 6.79. The minimum absolute atomic E-state index is 0.998. The van der Waals surface area contributed by atoms with Crippen LogP contribution in [0.15, 0.2) is 42.7 Å². The van der Waals surface area contributed by atoms with Gasteiger partial charge in [0.05, 0.1) is 6.54 Å². The quantitative estimate of drug-likeness (QED) is 0.0929. The van der Waals surface area contributed by atoms with Gasteiger partial charge in [-0.3, -0.25) is 0 Å². The minimum atomic E-state index is 0.998. The highest BCUT2D eigenvalue weighted by Gasteiger charge is 2.17. The smallest absolute Gasteiger partial charge is 0.234 e. The lowest BCUT2D eigenvalue weighted by Crippen LogP contribution is -2.37. The Labute approximate surface area is 231 Å². The molecule has 0 radical (unpaired) electrons. The van der Waals surface area contributed by atoms with Crippen LogP contribution in [0.5, 0.6) is 0 Å². The van der Waals surface area contributed by atoms with Crippen LogP contribution in [-0.4, -0.2) is 4.57 Å². The van der Waals surface area contributed by atoms with E-state index in [-0.39, 0.29) is 0 Å². The van der Waals surface area contributed by atoms with Gasteiger partial charge in [-0.25, -0.2) is 9.13 Å². The molecule has 0 atom stereocenters. The van der Waals surface area contributed by atoms with E-state index in [0.717, 1.165) is 6.54 Å². The molecular weight excluding hydrogens is 448 g/mol. The van der Waals surface area contributed by atoms with Crippen molar-refractivity contribution in [1.29, 1.82) is 0 Å². The van der Waals surface area contributed by atoms with E-state index in [0.29, 0.717) is 0 Å². The molecule has 0 unspecified atom stereocenters. The number of hydrogen-bond acceptors (Lipinski definition) is 0. The van der Waals surface area contributed by atoms with Crippen LogP contribution in [0.25, 0.3) is 0 Å². The summed E-state index contributed by atoms with van der Waals surface area (Å²) in [6.07, 6.45) is 35.6. The molecule has 2 aromatic rings. The first-order valence-corrected chi connectivity index (χ1v) is 16.5. The number of unbranched alkanes of at least 4 members (excludes halogenated alkanes) is 19. The highest BCUT2D eigenvalue weighted by molar-refractivity contribution is 5.13. The second-order valence-corrected chi connectivity index (χ2v) is 11.5. The maximum atomic E-state index is 2.57. The van der Waals surface area contributed by atoms with Gasteiger partial charge in [-0.1, -0.05) is 160 Å². The second-order valence-electron chi connectivity index (χ2n) is 11.5. The van der Waals surface area contributed by atoms with Crippen LogP contribution >= 0.6 is 0 Å². The Balaban J connectivity index is 1.60. The zero-order chi connectivity index (χ0) is 26.2. The number of rotatable bonds is 25. The van der Waals surface area contributed by atoms with Crippen molar-refractivity contribution in [3.05, 3.63) is 54.1 Å². The first-order chi connectivity index (χ1) is 18.3. The molecule has 0 spiro atoms. The Bertz CT molecular complexity index is 748. The first-order valence-electron chi connectivity index (χ1n) is 16.5. The van der Waals surface area contributed by atoms with Gasteiger partial charge in [0.1, 0.15) is 18.9 Å². The summed E-state index contributed by atoms with van der Waals surface area (Å²) < 4.78 is 5.07. The Hall–Kier alpha value is -1.57. The fraction of sp³-hybridized carbons (Fsp3) is 0.743. The average Bonchev–Trinajstić information content (AvgIpc) is 3.29. The topological polar surface area (TPSA) is 8.81 Å². The SMILES string of the molecule is CCCCCCCCCCCCCCCCCn1cc[n+](Cc2ccccc2)c1CCCCCCCC. The van der Waals surface area contributed by atoms with Gasteiger partial charge < -0.3 is 0 Å². The normalized spacial score (nSPS) is 11.4. The Morgan fingerprint density at radius 3 is 1.51 bits per heavy atom. The predicted molar refractivity (Wildman–Crippen MR) is 162 cm³/mol. The van der Waals surface area contributed by atoms with E-state index in [9.17, 15) is 0 Å². The van der Waals surface area contributed by atoms with Gasteiger partial charge in [0, 0.05) is 6.42 Å². The van der Waals surface area contributed by atoms with Crippen LogP contribution in [0.1, 0.15) is 160 Å². The minimum Gasteiger partial charge on any atom is -0.234 e. The van der Waals surface area contributed by atoms with Crippen molar-refractivity contribution in [2.45, 2.75) is 168 Å². The summed E-state index contributed by atoms with van der Waals surface area (Å²) >= 11 is 0. The van der Waals surface area contributed by atoms with Crippen LogP contribution in [0.2, 0.25) is 0 Å². The Kier molecular flexibility index (Phi) is 19.2. The third kappa shape index (κ3) is 15.4. The molecule has 0 saturated heterocycles. The molecule has 0 fully saturated rings. The lowest BCUT2D eigenvalue weighted by molar-refractivity contribution is -0.695. The van der Waals surface area contributed by atoms with Crippen molar-refractivity contribution in [3.63, 3.8) is 0 Å². The number of aryl methyl sites for hydroxylation is 1. The van der Waals surface area contributed by atoms with Crippen LogP contribution < -0.4 is 4.57 Å². The van der Waals surface area contributed by atoms with Gasteiger partial charge in [0.2, 0.25) is 0 Å². The third-order valence-electron chi connectivity index (χ3n) is 8.04. The standard InChI is InChI=1S/C35H61N2/c1-3-5-7-9-11-12-13-14-15-16-17-18-19-21-26-30-36-31-32-37(33-34-27-23-22-24-28-34)35(36)29-25-20-10-8-6-4-2/h22-24,27-28,31-32H,3-21,25-26,29-30,33H2,1-2H3/q+1. The van der Waals surface area contributed by atoms with Crippen molar-refractivity contribution in [2.24, 2.45) is 0 Å². The highest BCUT2D eigenvalue weighted by atomic mass is 15.1. The number of imidazole rings is 1. The molecule has 1 aromatic carbocycles. The summed E-state index contributed by atoms with van der Waals surface area (Å²) in [6, 6.07) is 11.0. The fourth-order valence-corrected chi connectivity index (χ4v) is 5.63. The zero-order valence-electron chi connectivity index (χ0n) is 24.9. The van der Waals surface area contributed by atoms with Crippen LogP contribution in [0.4, 0.5) is 0 Å². The van der Waals surface area contributed by atoms with Gasteiger partial charge in [0.15, 0.2) is 0 Å². The van der Waals surface area contributed by atoms with Gasteiger partial charge in [0.25, 0.3) is 5.82 Å². The summed E-state index contributed by atoms with van der Waals surface area (Å²) in [5, 5.41) is 0. The van der Waals surface area contributed by atoms with Crippen LogP contribution in [0, 0.1) is 0 Å². The molecule has 37 heavy (non-hydrogen) atoms. The van der Waals surface area contributed by atoms with E-state index in [1.807, 2.05) is 0 Å². The molecule has 0 N–H and O–H groups in total.